The molecule has 0 bridgehead atoms. The van der Waals surface area contributed by atoms with Gasteiger partial charge in [0.2, 0.25) is 10.0 Å². The highest BCUT2D eigenvalue weighted by Gasteiger charge is 2.33. The van der Waals surface area contributed by atoms with Gasteiger partial charge < -0.3 is 9.73 Å². The van der Waals surface area contributed by atoms with Gasteiger partial charge in [-0.15, -0.1) is 0 Å². The summed E-state index contributed by atoms with van der Waals surface area (Å²) >= 11 is 5.50. The molecule has 0 aliphatic heterocycles. The molecular weight excluding hydrogens is 513 g/mol. The Kier molecular flexibility index (Phi) is 7.94. The molecule has 0 unspecified atom stereocenters. The van der Waals surface area contributed by atoms with Gasteiger partial charge in [-0.2, -0.15) is 18.3 Å². The minimum atomic E-state index is -4.74. The molecule has 35 heavy (non-hydrogen) atoms. The van der Waals surface area contributed by atoms with E-state index in [0.717, 1.165) is 18.3 Å². The molecular formula is C21H16ClF3N4O5S. The Bertz CT molecular complexity index is 1360. The maximum absolute atomic E-state index is 12.9. The molecule has 0 aliphatic carbocycles. The van der Waals surface area contributed by atoms with Crippen molar-refractivity contribution in [3.63, 3.8) is 0 Å². The SMILES string of the molecule is O=C(NN=Cc1ccc(CNS(=O)(=O)c2ccccc2)o1)C(=O)Nc1ccc(Cl)c(C(F)(F)F)c1. The number of alkyl halides is 3. The molecule has 0 atom stereocenters. The molecule has 3 aromatic rings. The van der Waals surface area contributed by atoms with E-state index >= 15 is 0 Å². The van der Waals surface area contributed by atoms with Crippen molar-refractivity contribution in [2.24, 2.45) is 5.10 Å². The van der Waals surface area contributed by atoms with Crippen molar-refractivity contribution in [3.05, 3.63) is 82.8 Å². The summed E-state index contributed by atoms with van der Waals surface area (Å²) in [5.74, 6) is -2.15. The van der Waals surface area contributed by atoms with Crippen LogP contribution in [-0.4, -0.2) is 26.4 Å². The third-order valence-electron chi connectivity index (χ3n) is 4.27. The molecule has 3 N–H and O–H groups in total. The lowest BCUT2D eigenvalue weighted by Crippen LogP contribution is -2.32. The van der Waals surface area contributed by atoms with E-state index in [-0.39, 0.29) is 28.6 Å². The Labute approximate surface area is 202 Å². The Hall–Kier alpha value is -3.68. The number of hydrogen-bond donors (Lipinski definition) is 3. The molecule has 1 aromatic heterocycles. The van der Waals surface area contributed by atoms with Crippen molar-refractivity contribution in [2.45, 2.75) is 17.6 Å². The number of hydrogen-bond acceptors (Lipinski definition) is 6. The molecule has 0 aliphatic rings. The number of nitrogens with zero attached hydrogens (tertiary/aromatic N) is 1. The molecule has 0 spiro atoms. The zero-order valence-electron chi connectivity index (χ0n) is 17.5. The van der Waals surface area contributed by atoms with Crippen molar-refractivity contribution in [2.75, 3.05) is 5.32 Å². The zero-order chi connectivity index (χ0) is 25.6. The fourth-order valence-electron chi connectivity index (χ4n) is 2.62. The van der Waals surface area contributed by atoms with E-state index in [9.17, 15) is 31.2 Å². The van der Waals surface area contributed by atoms with Crippen molar-refractivity contribution in [1.29, 1.82) is 0 Å². The highest BCUT2D eigenvalue weighted by molar-refractivity contribution is 7.89. The molecule has 14 heteroatoms. The van der Waals surface area contributed by atoms with Crippen LogP contribution in [0.4, 0.5) is 18.9 Å². The quantitative estimate of drug-likeness (QED) is 0.245. The monoisotopic (exact) mass is 528 g/mol. The fourth-order valence-corrected chi connectivity index (χ4v) is 3.86. The van der Waals surface area contributed by atoms with Crippen LogP contribution in [0.25, 0.3) is 0 Å². The number of hydrazone groups is 1. The summed E-state index contributed by atoms with van der Waals surface area (Å²) in [7, 11) is -3.74. The Balaban J connectivity index is 1.53. The summed E-state index contributed by atoms with van der Waals surface area (Å²) in [6, 6.07) is 13.3. The molecule has 9 nitrogen and oxygen atoms in total. The number of sulfonamides is 1. The van der Waals surface area contributed by atoms with Crippen molar-refractivity contribution in [1.82, 2.24) is 10.1 Å². The minimum Gasteiger partial charge on any atom is -0.459 e. The number of anilines is 1. The number of benzene rings is 2. The second kappa shape index (κ2) is 10.7. The summed E-state index contributed by atoms with van der Waals surface area (Å²) in [5.41, 5.74) is 0.430. The van der Waals surface area contributed by atoms with E-state index in [4.69, 9.17) is 16.0 Å². The predicted molar refractivity (Wildman–Crippen MR) is 120 cm³/mol. The third-order valence-corrected chi connectivity index (χ3v) is 6.01. The summed E-state index contributed by atoms with van der Waals surface area (Å²) in [6.07, 6.45) is -3.70. The van der Waals surface area contributed by atoms with Gasteiger partial charge in [0.25, 0.3) is 0 Å². The number of furan rings is 1. The normalized spacial score (nSPS) is 12.0. The molecule has 2 amide bonds. The van der Waals surface area contributed by atoms with Crippen LogP contribution in [0.2, 0.25) is 5.02 Å². The van der Waals surface area contributed by atoms with E-state index in [1.165, 1.54) is 24.3 Å². The number of nitrogens with one attached hydrogen (secondary N) is 3. The van der Waals surface area contributed by atoms with Crippen molar-refractivity contribution >= 4 is 45.3 Å². The van der Waals surface area contributed by atoms with Crippen LogP contribution in [0.3, 0.4) is 0 Å². The lowest BCUT2D eigenvalue weighted by molar-refractivity contribution is -0.137. The highest BCUT2D eigenvalue weighted by Crippen LogP contribution is 2.36. The standard InChI is InChI=1S/C21H16ClF3N4O5S/c22-18-9-6-13(10-17(18)21(23,24)25)28-19(30)20(31)29-26-11-14-7-8-15(34-14)12-27-35(32,33)16-4-2-1-3-5-16/h1-11,27H,12H2,(H,28,30)(H,29,31). The molecule has 0 saturated carbocycles. The van der Waals surface area contributed by atoms with Gasteiger partial charge in [0.05, 0.1) is 28.2 Å². The van der Waals surface area contributed by atoms with Crippen LogP contribution in [-0.2, 0) is 32.3 Å². The Morgan fingerprint density at radius 3 is 2.43 bits per heavy atom. The van der Waals surface area contributed by atoms with Crippen LogP contribution in [0.1, 0.15) is 17.1 Å². The van der Waals surface area contributed by atoms with E-state index in [1.54, 1.807) is 18.2 Å². The lowest BCUT2D eigenvalue weighted by Gasteiger charge is -2.11. The summed E-state index contributed by atoms with van der Waals surface area (Å²) in [5, 5.41) is 4.97. The lowest BCUT2D eigenvalue weighted by atomic mass is 10.2. The number of carbonyl (C=O) groups excluding carboxylic acids is 2. The average molecular weight is 529 g/mol. The maximum Gasteiger partial charge on any atom is 0.417 e. The molecule has 3 rings (SSSR count). The smallest absolute Gasteiger partial charge is 0.417 e. The van der Waals surface area contributed by atoms with Crippen LogP contribution in [0, 0.1) is 0 Å². The number of halogens is 4. The molecule has 1 heterocycles. The minimum absolute atomic E-state index is 0.0857. The predicted octanol–water partition coefficient (Wildman–Crippen LogP) is 3.52. The van der Waals surface area contributed by atoms with Crippen LogP contribution in [0.15, 0.2) is 75.1 Å². The van der Waals surface area contributed by atoms with Crippen molar-refractivity contribution < 1.29 is 35.6 Å². The Morgan fingerprint density at radius 1 is 1.03 bits per heavy atom. The second-order valence-corrected chi connectivity index (χ2v) is 8.96. The van der Waals surface area contributed by atoms with Gasteiger partial charge in [0, 0.05) is 5.69 Å². The maximum atomic E-state index is 12.9. The molecule has 2 aromatic carbocycles. The second-order valence-electron chi connectivity index (χ2n) is 6.79. The number of amides is 2. The molecule has 0 fully saturated rings. The van der Waals surface area contributed by atoms with E-state index in [1.807, 2.05) is 10.7 Å². The number of rotatable bonds is 7. The van der Waals surface area contributed by atoms with Gasteiger partial charge >= 0.3 is 18.0 Å². The van der Waals surface area contributed by atoms with Crippen LogP contribution < -0.4 is 15.5 Å². The largest absolute Gasteiger partial charge is 0.459 e. The molecule has 0 radical (unpaired) electrons. The fraction of sp³-hybridized carbons (Fsp3) is 0.0952. The van der Waals surface area contributed by atoms with Gasteiger partial charge in [0.1, 0.15) is 11.5 Å². The summed E-state index contributed by atoms with van der Waals surface area (Å²) < 4.78 is 70.9. The molecule has 0 saturated heterocycles. The first-order valence-corrected chi connectivity index (χ1v) is 11.5. The van der Waals surface area contributed by atoms with E-state index < -0.39 is 38.6 Å². The highest BCUT2D eigenvalue weighted by atomic mass is 35.5. The van der Waals surface area contributed by atoms with Gasteiger partial charge in [0.15, 0.2) is 0 Å². The number of carbonyl (C=O) groups is 2. The van der Waals surface area contributed by atoms with Gasteiger partial charge in [-0.3, -0.25) is 9.59 Å². The molecule has 184 valence electrons. The van der Waals surface area contributed by atoms with E-state index in [2.05, 4.69) is 9.82 Å². The average Bonchev–Trinajstić information content (AvgIpc) is 3.26. The Morgan fingerprint density at radius 2 is 1.74 bits per heavy atom. The van der Waals surface area contributed by atoms with Crippen molar-refractivity contribution in [3.8, 4) is 0 Å². The van der Waals surface area contributed by atoms with Crippen LogP contribution >= 0.6 is 11.6 Å². The first kappa shape index (κ1) is 25.9. The first-order valence-electron chi connectivity index (χ1n) is 9.60. The van der Waals surface area contributed by atoms with Gasteiger partial charge in [-0.1, -0.05) is 29.8 Å². The van der Waals surface area contributed by atoms with Gasteiger partial charge in [-0.05, 0) is 42.5 Å². The van der Waals surface area contributed by atoms with Gasteiger partial charge in [-0.25, -0.2) is 18.6 Å². The van der Waals surface area contributed by atoms with E-state index in [0.29, 0.717) is 6.07 Å². The van der Waals surface area contributed by atoms with Crippen LogP contribution in [0.5, 0.6) is 0 Å². The summed E-state index contributed by atoms with van der Waals surface area (Å²) in [6.45, 7) is -0.152. The zero-order valence-corrected chi connectivity index (χ0v) is 19.0. The summed E-state index contributed by atoms with van der Waals surface area (Å²) in [4.78, 5) is 23.8. The third kappa shape index (κ3) is 7.15. The first-order chi connectivity index (χ1) is 16.5. The topological polar surface area (TPSA) is 130 Å².